The average Bonchev–Trinajstić information content (AvgIpc) is 3.25. The number of aryl methyl sites for hydroxylation is 3. The molecule has 0 spiro atoms. The van der Waals surface area contributed by atoms with Gasteiger partial charge >= 0.3 is 176 Å². The van der Waals surface area contributed by atoms with Crippen LogP contribution >= 0.6 is 23.1 Å². The van der Waals surface area contributed by atoms with E-state index in [1.54, 1.807) is 26.5 Å². The minimum absolute atomic E-state index is 0. The van der Waals surface area contributed by atoms with Gasteiger partial charge in [0, 0.05) is 0 Å². The molecule has 5 rings (SSSR count). The molecular formula is C23H22Cl2S2Zr. The van der Waals surface area contributed by atoms with E-state index in [0.717, 1.165) is 0 Å². The van der Waals surface area contributed by atoms with Gasteiger partial charge in [-0.15, -0.1) is 0 Å². The maximum absolute atomic E-state index is 2.47. The fourth-order valence-electron chi connectivity index (χ4n) is 4.55. The second-order valence-corrected chi connectivity index (χ2v) is 13.8. The normalized spacial score (nSPS) is 21.2. The molecule has 2 unspecified atom stereocenters. The Morgan fingerprint density at radius 1 is 0.929 bits per heavy atom. The molecule has 0 saturated heterocycles. The van der Waals surface area contributed by atoms with Crippen molar-refractivity contribution < 1.29 is 48.0 Å². The summed E-state index contributed by atoms with van der Waals surface area (Å²) in [6, 6.07) is 7.24. The monoisotopic (exact) mass is 522 g/mol. The molecule has 144 valence electrons. The van der Waals surface area contributed by atoms with E-state index in [4.69, 9.17) is 0 Å². The molecule has 28 heavy (non-hydrogen) atoms. The number of allylic oxidation sites excluding steroid dienone is 3. The summed E-state index contributed by atoms with van der Waals surface area (Å²) in [5.41, 5.74) is 9.20. The van der Waals surface area contributed by atoms with E-state index in [0.29, 0.717) is 8.88 Å². The van der Waals surface area contributed by atoms with Crippen LogP contribution in [0.3, 0.4) is 0 Å². The zero-order chi connectivity index (χ0) is 18.2. The van der Waals surface area contributed by atoms with Crippen LogP contribution in [0.25, 0.3) is 14.9 Å². The zero-order valence-electron chi connectivity index (χ0n) is 16.6. The Bertz CT molecular complexity index is 1150. The molecule has 1 aromatic carbocycles. The first-order valence-electron chi connectivity index (χ1n) is 9.18. The van der Waals surface area contributed by atoms with Crippen LogP contribution in [0.5, 0.6) is 0 Å². The van der Waals surface area contributed by atoms with Crippen LogP contribution in [-0.4, -0.2) is 5.25 Å². The fourth-order valence-corrected chi connectivity index (χ4v) is 12.2. The van der Waals surface area contributed by atoms with Crippen molar-refractivity contribution in [3.63, 3.8) is 0 Å². The molecule has 0 N–H and O–H groups in total. The molecule has 2 aliphatic carbocycles. The van der Waals surface area contributed by atoms with E-state index in [9.17, 15) is 0 Å². The minimum atomic E-state index is -0.760. The van der Waals surface area contributed by atoms with Gasteiger partial charge in [-0.2, -0.15) is 0 Å². The SMILES string of the molecule is CC1=CC2=c3cc(C)sc3=[C]([Zr+2][CH]3C(C)=Cc4c(C)cc(C)cc43)C2S1.[Cl-].[Cl-]. The van der Waals surface area contributed by atoms with Crippen molar-refractivity contribution in [1.82, 2.24) is 0 Å². The van der Waals surface area contributed by atoms with Crippen LogP contribution in [0.15, 0.2) is 34.8 Å². The third-order valence-corrected chi connectivity index (χ3v) is 13.6. The molecule has 0 saturated carbocycles. The Morgan fingerprint density at radius 3 is 2.43 bits per heavy atom. The molecule has 0 amide bonds. The molecule has 2 atom stereocenters. The van der Waals surface area contributed by atoms with Crippen molar-refractivity contribution in [2.24, 2.45) is 0 Å². The van der Waals surface area contributed by atoms with Crippen LogP contribution < -0.4 is 34.6 Å². The van der Waals surface area contributed by atoms with Crippen LogP contribution in [0.4, 0.5) is 0 Å². The Morgan fingerprint density at radius 2 is 1.68 bits per heavy atom. The van der Waals surface area contributed by atoms with E-state index in [-0.39, 0.29) is 24.8 Å². The molecule has 0 fully saturated rings. The third-order valence-electron chi connectivity index (χ3n) is 5.62. The van der Waals surface area contributed by atoms with E-state index in [1.807, 2.05) is 14.6 Å². The molecule has 3 aliphatic rings. The first kappa shape index (κ1) is 22.6. The van der Waals surface area contributed by atoms with Crippen molar-refractivity contribution >= 4 is 38.0 Å². The topological polar surface area (TPSA) is 0 Å². The van der Waals surface area contributed by atoms with E-state index >= 15 is 0 Å². The molecule has 0 bridgehead atoms. The van der Waals surface area contributed by atoms with Gasteiger partial charge in [-0.3, -0.25) is 0 Å². The van der Waals surface area contributed by atoms with Crippen molar-refractivity contribution in [3.8, 4) is 0 Å². The van der Waals surface area contributed by atoms with E-state index in [2.05, 4.69) is 76.7 Å². The van der Waals surface area contributed by atoms with Gasteiger partial charge in [-0.1, -0.05) is 0 Å². The number of hydrogen-bond acceptors (Lipinski definition) is 2. The van der Waals surface area contributed by atoms with Crippen LogP contribution in [0, 0.1) is 20.8 Å². The second-order valence-electron chi connectivity index (χ2n) is 7.77. The number of rotatable bonds is 2. The van der Waals surface area contributed by atoms with Gasteiger partial charge in [0.25, 0.3) is 0 Å². The summed E-state index contributed by atoms with van der Waals surface area (Å²) >= 11 is 3.38. The first-order chi connectivity index (χ1) is 12.4. The Balaban J connectivity index is 0.00000112. The predicted molar refractivity (Wildman–Crippen MR) is 113 cm³/mol. The van der Waals surface area contributed by atoms with Gasteiger partial charge in [0.05, 0.1) is 0 Å². The fraction of sp³-hybridized carbons (Fsp3) is 0.304. The Hall–Kier alpha value is -0.0469. The molecule has 2 aromatic rings. The predicted octanol–water partition coefficient (Wildman–Crippen LogP) is -0.786. The van der Waals surface area contributed by atoms with Gasteiger partial charge in [0.15, 0.2) is 0 Å². The van der Waals surface area contributed by atoms with Gasteiger partial charge in [-0.05, 0) is 0 Å². The number of hydrogen-bond donors (Lipinski definition) is 0. The van der Waals surface area contributed by atoms with Crippen LogP contribution in [0.2, 0.25) is 0 Å². The van der Waals surface area contributed by atoms with Gasteiger partial charge in [0.2, 0.25) is 0 Å². The largest absolute Gasteiger partial charge is 1.00 e. The number of halogens is 2. The maximum atomic E-state index is 2.47. The van der Waals surface area contributed by atoms with Crippen LogP contribution in [-0.2, 0) is 23.2 Å². The number of fused-ring (bicyclic) bond motifs is 3. The van der Waals surface area contributed by atoms with Crippen molar-refractivity contribution in [1.29, 1.82) is 0 Å². The van der Waals surface area contributed by atoms with Crippen molar-refractivity contribution in [2.75, 3.05) is 0 Å². The van der Waals surface area contributed by atoms with E-state index < -0.39 is 23.2 Å². The quantitative estimate of drug-likeness (QED) is 0.497. The van der Waals surface area contributed by atoms with Gasteiger partial charge in [0.1, 0.15) is 0 Å². The van der Waals surface area contributed by atoms with E-state index in [1.165, 1.54) is 26.5 Å². The summed E-state index contributed by atoms with van der Waals surface area (Å²) in [5, 5.41) is 2.18. The smallest absolute Gasteiger partial charge is 1.00 e. The minimum Gasteiger partial charge on any atom is -1.00 e. The number of thiophene rings is 1. The molecule has 1 aromatic heterocycles. The summed E-state index contributed by atoms with van der Waals surface area (Å²) in [4.78, 5) is 2.95. The molecule has 1 aliphatic heterocycles. The summed E-state index contributed by atoms with van der Waals surface area (Å²) in [6.07, 6.45) is 4.92. The molecule has 2 heterocycles. The summed E-state index contributed by atoms with van der Waals surface area (Å²) in [7, 11) is 0. The second kappa shape index (κ2) is 8.23. The Kier molecular flexibility index (Phi) is 6.66. The van der Waals surface area contributed by atoms with Crippen molar-refractivity contribution in [2.45, 2.75) is 43.5 Å². The average molecular weight is 525 g/mol. The van der Waals surface area contributed by atoms with Crippen LogP contribution in [0.1, 0.15) is 44.6 Å². The number of benzene rings is 1. The van der Waals surface area contributed by atoms with Gasteiger partial charge < -0.3 is 24.8 Å². The summed E-state index contributed by atoms with van der Waals surface area (Å²) < 4.78 is 4.17. The summed E-state index contributed by atoms with van der Waals surface area (Å²) in [6.45, 7) is 11.4. The standard InChI is InChI=1S/C12H13.C11H9S2.2ClH.Zr/c1-8-4-10(3)12-7-9(2)6-11(12)5-8;1-6-3-8-9-4-7(2)13-11(9)5-10(8)12-6;;;/h4-7H,1-3H3;3-4,10H,1-2H3;2*1H;/q;;;;+2/p-2. The molecular weight excluding hydrogens is 503 g/mol. The van der Waals surface area contributed by atoms with Crippen molar-refractivity contribution in [3.05, 3.63) is 71.6 Å². The maximum Gasteiger partial charge on any atom is -1.00 e. The molecule has 0 radical (unpaired) electrons. The molecule has 0 nitrogen and oxygen atoms in total. The first-order valence-corrected chi connectivity index (χ1v) is 13.5. The van der Waals surface area contributed by atoms with Gasteiger partial charge in [-0.25, -0.2) is 0 Å². The third kappa shape index (κ3) is 3.50. The summed E-state index contributed by atoms with van der Waals surface area (Å²) in [5.74, 6) is 0. The Labute approximate surface area is 199 Å². The number of thioether (sulfide) groups is 1. The molecule has 5 heteroatoms. The zero-order valence-corrected chi connectivity index (χ0v) is 22.2.